The summed E-state index contributed by atoms with van der Waals surface area (Å²) in [5.41, 5.74) is 5.34. The average molecular weight is 333 g/mol. The molecule has 3 N–H and O–H groups in total. The van der Waals surface area contributed by atoms with Crippen molar-refractivity contribution in [1.82, 2.24) is 5.32 Å². The van der Waals surface area contributed by atoms with Crippen molar-refractivity contribution in [2.75, 3.05) is 13.2 Å². The molecule has 1 aromatic rings. The molecule has 1 rings (SSSR count). The molecule has 0 saturated carbocycles. The summed E-state index contributed by atoms with van der Waals surface area (Å²) >= 11 is 0. The van der Waals surface area contributed by atoms with E-state index in [0.717, 1.165) is 0 Å². The Kier molecular flexibility index (Phi) is 9.06. The molecule has 22 heavy (non-hydrogen) atoms. The maximum absolute atomic E-state index is 12.9. The van der Waals surface area contributed by atoms with Crippen molar-refractivity contribution in [2.45, 2.75) is 39.2 Å². The van der Waals surface area contributed by atoms with Crippen molar-refractivity contribution in [3.63, 3.8) is 0 Å². The van der Waals surface area contributed by atoms with Crippen molar-refractivity contribution in [3.05, 3.63) is 30.1 Å². The number of rotatable bonds is 8. The number of carbonyl (C=O) groups excluding carboxylic acids is 1. The summed E-state index contributed by atoms with van der Waals surface area (Å²) in [5.74, 6) is 0.361. The molecule has 0 aromatic heterocycles. The predicted octanol–water partition coefficient (Wildman–Crippen LogP) is 2.90. The van der Waals surface area contributed by atoms with E-state index in [0.29, 0.717) is 31.7 Å². The molecule has 4 nitrogen and oxygen atoms in total. The van der Waals surface area contributed by atoms with Crippen LogP contribution in [0.25, 0.3) is 0 Å². The van der Waals surface area contributed by atoms with Gasteiger partial charge in [0.05, 0.1) is 12.1 Å². The van der Waals surface area contributed by atoms with Crippen LogP contribution in [0.2, 0.25) is 0 Å². The monoisotopic (exact) mass is 332 g/mol. The van der Waals surface area contributed by atoms with Crippen molar-refractivity contribution in [2.24, 2.45) is 11.7 Å². The second kappa shape index (κ2) is 9.64. The molecule has 0 radical (unpaired) electrons. The van der Waals surface area contributed by atoms with E-state index in [-0.39, 0.29) is 35.6 Å². The molecule has 0 aliphatic rings. The first-order valence-electron chi connectivity index (χ1n) is 7.27. The summed E-state index contributed by atoms with van der Waals surface area (Å²) in [6.45, 7) is 6.77. The first kappa shape index (κ1) is 20.7. The van der Waals surface area contributed by atoms with Gasteiger partial charge in [-0.15, -0.1) is 12.4 Å². The predicted molar refractivity (Wildman–Crippen MR) is 88.8 cm³/mol. The van der Waals surface area contributed by atoms with Gasteiger partial charge in [0.25, 0.3) is 0 Å². The van der Waals surface area contributed by atoms with Gasteiger partial charge in [0.2, 0.25) is 5.91 Å². The molecule has 1 aromatic carbocycles. The van der Waals surface area contributed by atoms with Crippen molar-refractivity contribution in [3.8, 4) is 5.75 Å². The van der Waals surface area contributed by atoms with E-state index >= 15 is 0 Å². The van der Waals surface area contributed by atoms with Crippen LogP contribution >= 0.6 is 12.4 Å². The quantitative estimate of drug-likeness (QED) is 0.719. The second-order valence-corrected chi connectivity index (χ2v) is 5.73. The first-order valence-corrected chi connectivity index (χ1v) is 7.27. The van der Waals surface area contributed by atoms with E-state index in [9.17, 15) is 9.18 Å². The van der Waals surface area contributed by atoms with Crippen LogP contribution in [0.15, 0.2) is 24.3 Å². The Balaban J connectivity index is 0.00000441. The Bertz CT molecular complexity index is 471. The highest BCUT2D eigenvalue weighted by Gasteiger charge is 2.28. The number of benzene rings is 1. The average Bonchev–Trinajstić information content (AvgIpc) is 2.43. The van der Waals surface area contributed by atoms with E-state index < -0.39 is 0 Å². The van der Waals surface area contributed by atoms with Crippen molar-refractivity contribution in [1.29, 1.82) is 0 Å². The van der Waals surface area contributed by atoms with Gasteiger partial charge in [-0.05, 0) is 31.4 Å². The summed E-state index contributed by atoms with van der Waals surface area (Å²) in [4.78, 5) is 11.9. The number of ether oxygens (including phenoxy) is 1. The molecule has 0 bridgehead atoms. The highest BCUT2D eigenvalue weighted by atomic mass is 35.5. The summed E-state index contributed by atoms with van der Waals surface area (Å²) in [5, 5.41) is 2.97. The number of hydrogen-bond acceptors (Lipinski definition) is 3. The van der Waals surface area contributed by atoms with Crippen molar-refractivity contribution >= 4 is 18.3 Å². The lowest BCUT2D eigenvalue weighted by molar-refractivity contribution is -0.123. The van der Waals surface area contributed by atoms with Gasteiger partial charge < -0.3 is 15.8 Å². The molecule has 0 heterocycles. The Labute approximate surface area is 138 Å². The molecule has 1 unspecified atom stereocenters. The van der Waals surface area contributed by atoms with Gasteiger partial charge in [0, 0.05) is 19.0 Å². The SMILES string of the molecule is CC(C)C(C)(CN)NC(=O)CCCOc1cccc(F)c1.Cl. The summed E-state index contributed by atoms with van der Waals surface area (Å²) in [6, 6.07) is 5.96. The molecule has 1 atom stereocenters. The van der Waals surface area contributed by atoms with Crippen LogP contribution in [0.1, 0.15) is 33.6 Å². The van der Waals surface area contributed by atoms with E-state index in [2.05, 4.69) is 5.32 Å². The van der Waals surface area contributed by atoms with Crippen LogP contribution in [0.4, 0.5) is 4.39 Å². The molecule has 0 spiro atoms. The van der Waals surface area contributed by atoms with Crippen LogP contribution in [0.3, 0.4) is 0 Å². The lowest BCUT2D eigenvalue weighted by atomic mass is 9.88. The maximum Gasteiger partial charge on any atom is 0.220 e. The zero-order valence-corrected chi connectivity index (χ0v) is 14.2. The lowest BCUT2D eigenvalue weighted by Gasteiger charge is -2.33. The largest absolute Gasteiger partial charge is 0.493 e. The van der Waals surface area contributed by atoms with Crippen molar-refractivity contribution < 1.29 is 13.9 Å². The zero-order chi connectivity index (χ0) is 15.9. The molecular weight excluding hydrogens is 307 g/mol. The fraction of sp³-hybridized carbons (Fsp3) is 0.562. The van der Waals surface area contributed by atoms with Crippen LogP contribution in [0, 0.1) is 11.7 Å². The standard InChI is InChI=1S/C16H25FN2O2.ClH/c1-12(2)16(3,11-18)19-15(20)8-5-9-21-14-7-4-6-13(17)10-14;/h4,6-7,10,12H,5,8-9,11,18H2,1-3H3,(H,19,20);1H. The van der Waals surface area contributed by atoms with Gasteiger partial charge in [0.15, 0.2) is 0 Å². The molecule has 0 saturated heterocycles. The Hall–Kier alpha value is -1.33. The van der Waals surface area contributed by atoms with E-state index in [1.165, 1.54) is 12.1 Å². The minimum atomic E-state index is -0.388. The molecule has 0 aliphatic carbocycles. The molecule has 6 heteroatoms. The Morgan fingerprint density at radius 1 is 1.45 bits per heavy atom. The number of halogens is 2. The van der Waals surface area contributed by atoms with E-state index in [4.69, 9.17) is 10.5 Å². The number of carbonyl (C=O) groups is 1. The molecule has 126 valence electrons. The summed E-state index contributed by atoms with van der Waals surface area (Å²) in [7, 11) is 0. The zero-order valence-electron chi connectivity index (χ0n) is 13.4. The highest BCUT2D eigenvalue weighted by Crippen LogP contribution is 2.15. The fourth-order valence-electron chi connectivity index (χ4n) is 1.79. The van der Waals surface area contributed by atoms with Crippen LogP contribution in [0.5, 0.6) is 5.75 Å². The molecule has 0 fully saturated rings. The van der Waals surface area contributed by atoms with Crippen LogP contribution < -0.4 is 15.8 Å². The third kappa shape index (κ3) is 6.62. The molecule has 0 aliphatic heterocycles. The van der Waals surface area contributed by atoms with E-state index in [1.54, 1.807) is 12.1 Å². The van der Waals surface area contributed by atoms with Gasteiger partial charge in [-0.2, -0.15) is 0 Å². The smallest absolute Gasteiger partial charge is 0.220 e. The van der Waals surface area contributed by atoms with E-state index in [1.807, 2.05) is 20.8 Å². The number of hydrogen-bond donors (Lipinski definition) is 2. The molecular formula is C16H26ClFN2O2. The molecule has 1 amide bonds. The minimum Gasteiger partial charge on any atom is -0.493 e. The van der Waals surface area contributed by atoms with Gasteiger partial charge in [-0.1, -0.05) is 19.9 Å². The first-order chi connectivity index (χ1) is 9.87. The topological polar surface area (TPSA) is 64.3 Å². The normalized spacial score (nSPS) is 13.2. The number of nitrogens with one attached hydrogen (secondary N) is 1. The fourth-order valence-corrected chi connectivity index (χ4v) is 1.79. The Morgan fingerprint density at radius 3 is 2.68 bits per heavy atom. The number of nitrogens with two attached hydrogens (primary N) is 1. The summed E-state index contributed by atoms with van der Waals surface area (Å²) < 4.78 is 18.3. The van der Waals surface area contributed by atoms with Crippen LogP contribution in [-0.2, 0) is 4.79 Å². The number of amides is 1. The lowest BCUT2D eigenvalue weighted by Crippen LogP contribution is -2.55. The second-order valence-electron chi connectivity index (χ2n) is 5.73. The van der Waals surface area contributed by atoms with Gasteiger partial charge >= 0.3 is 0 Å². The third-order valence-corrected chi connectivity index (χ3v) is 3.74. The summed E-state index contributed by atoms with van der Waals surface area (Å²) in [6.07, 6.45) is 0.929. The van der Waals surface area contributed by atoms with Gasteiger partial charge in [-0.25, -0.2) is 4.39 Å². The highest BCUT2D eigenvalue weighted by molar-refractivity contribution is 5.85. The van der Waals surface area contributed by atoms with Crippen LogP contribution in [-0.4, -0.2) is 24.6 Å². The minimum absolute atomic E-state index is 0. The Morgan fingerprint density at radius 2 is 2.14 bits per heavy atom. The third-order valence-electron chi connectivity index (χ3n) is 3.74. The van der Waals surface area contributed by atoms with Gasteiger partial charge in [0.1, 0.15) is 11.6 Å². The van der Waals surface area contributed by atoms with Gasteiger partial charge in [-0.3, -0.25) is 4.79 Å². The maximum atomic E-state index is 12.9.